The predicted octanol–water partition coefficient (Wildman–Crippen LogP) is 3.10. The number of thiophene rings is 1. The third-order valence-corrected chi connectivity index (χ3v) is 6.42. The van der Waals surface area contributed by atoms with Crippen LogP contribution in [0, 0.1) is 24.7 Å². The average Bonchev–Trinajstić information content (AvgIpc) is 3.20. The Bertz CT molecular complexity index is 725. The molecule has 7 heteroatoms. The van der Waals surface area contributed by atoms with E-state index >= 15 is 0 Å². The van der Waals surface area contributed by atoms with Gasteiger partial charge in [0, 0.05) is 5.92 Å². The first-order chi connectivity index (χ1) is 11.8. The fraction of sp³-hybridized carbons (Fsp3) is 0.611. The molecule has 2 fully saturated rings. The smallest absolute Gasteiger partial charge is 0.348 e. The van der Waals surface area contributed by atoms with Crippen molar-refractivity contribution in [2.24, 2.45) is 23.5 Å². The van der Waals surface area contributed by atoms with Gasteiger partial charge < -0.3 is 15.8 Å². The van der Waals surface area contributed by atoms with Gasteiger partial charge in [-0.25, -0.2) is 4.79 Å². The molecule has 2 bridgehead atoms. The van der Waals surface area contributed by atoms with Crippen LogP contribution in [0.3, 0.4) is 0 Å². The van der Waals surface area contributed by atoms with Gasteiger partial charge >= 0.3 is 5.97 Å². The normalized spacial score (nSPS) is 24.6. The summed E-state index contributed by atoms with van der Waals surface area (Å²) in [5.74, 6) is -0.139. The molecule has 2 amide bonds. The second kappa shape index (κ2) is 6.78. The van der Waals surface area contributed by atoms with E-state index in [4.69, 9.17) is 10.5 Å². The molecular formula is C18H24N2O4S. The van der Waals surface area contributed by atoms with Gasteiger partial charge in [-0.2, -0.15) is 0 Å². The molecule has 6 nitrogen and oxygen atoms in total. The summed E-state index contributed by atoms with van der Waals surface area (Å²) in [4.78, 5) is 37.1. The highest BCUT2D eigenvalue weighted by molar-refractivity contribution is 7.18. The number of nitrogens with two attached hydrogens (primary N) is 1. The highest BCUT2D eigenvalue weighted by atomic mass is 32.1. The van der Waals surface area contributed by atoms with Crippen LogP contribution in [0.15, 0.2) is 0 Å². The number of carbonyl (C=O) groups excluding carboxylic acids is 3. The van der Waals surface area contributed by atoms with Gasteiger partial charge in [-0.1, -0.05) is 6.42 Å². The summed E-state index contributed by atoms with van der Waals surface area (Å²) in [6.07, 6.45) is 4.08. The molecule has 136 valence electrons. The Kier molecular flexibility index (Phi) is 4.86. The van der Waals surface area contributed by atoms with Crippen LogP contribution in [-0.2, 0) is 9.53 Å². The third kappa shape index (κ3) is 3.42. The van der Waals surface area contributed by atoms with Crippen molar-refractivity contribution in [1.29, 1.82) is 0 Å². The molecule has 3 N–H and O–H groups in total. The number of carbonyl (C=O) groups is 3. The van der Waals surface area contributed by atoms with Crippen LogP contribution in [0.2, 0.25) is 0 Å². The van der Waals surface area contributed by atoms with Crippen LogP contribution in [0.5, 0.6) is 0 Å². The lowest BCUT2D eigenvalue weighted by atomic mass is 9.88. The second-order valence-electron chi connectivity index (χ2n) is 7.35. The highest BCUT2D eigenvalue weighted by Crippen LogP contribution is 2.49. The number of rotatable bonds is 5. The van der Waals surface area contributed by atoms with Gasteiger partial charge in [-0.15, -0.1) is 11.3 Å². The number of ether oxygens (including phenoxy) is 1. The van der Waals surface area contributed by atoms with Gasteiger partial charge in [-0.05, 0) is 57.4 Å². The Morgan fingerprint density at radius 2 is 1.96 bits per heavy atom. The molecule has 2 aliphatic carbocycles. The van der Waals surface area contributed by atoms with E-state index in [1.54, 1.807) is 20.8 Å². The van der Waals surface area contributed by atoms with Crippen LogP contribution >= 0.6 is 11.3 Å². The van der Waals surface area contributed by atoms with Crippen molar-refractivity contribution >= 4 is 34.1 Å². The molecule has 1 aromatic heterocycles. The lowest BCUT2D eigenvalue weighted by molar-refractivity contribution is -0.121. The number of fused-ring (bicyclic) bond motifs is 2. The molecule has 3 atom stereocenters. The molecule has 0 aliphatic heterocycles. The molecule has 25 heavy (non-hydrogen) atoms. The number of nitrogens with one attached hydrogen (secondary N) is 1. The summed E-state index contributed by atoms with van der Waals surface area (Å²) in [6, 6.07) is 0. The first kappa shape index (κ1) is 17.9. The molecule has 1 aromatic rings. The average molecular weight is 364 g/mol. The zero-order valence-corrected chi connectivity index (χ0v) is 15.6. The largest absolute Gasteiger partial charge is 0.459 e. The van der Waals surface area contributed by atoms with E-state index < -0.39 is 11.9 Å². The summed E-state index contributed by atoms with van der Waals surface area (Å²) in [7, 11) is 0. The molecular weight excluding hydrogens is 340 g/mol. The van der Waals surface area contributed by atoms with E-state index in [-0.39, 0.29) is 23.5 Å². The molecule has 0 spiro atoms. The van der Waals surface area contributed by atoms with Crippen molar-refractivity contribution in [2.75, 3.05) is 5.32 Å². The van der Waals surface area contributed by atoms with Gasteiger partial charge in [0.25, 0.3) is 5.91 Å². The SMILES string of the molecule is Cc1c(C(=O)OC(C)C)sc(NC(=O)C2CC3CCC2C3)c1C(N)=O. The van der Waals surface area contributed by atoms with Crippen LogP contribution in [0.1, 0.15) is 65.1 Å². The van der Waals surface area contributed by atoms with E-state index in [0.29, 0.717) is 27.3 Å². The maximum Gasteiger partial charge on any atom is 0.348 e. The number of hydrogen-bond acceptors (Lipinski definition) is 5. The van der Waals surface area contributed by atoms with E-state index in [0.717, 1.165) is 30.6 Å². The Balaban J connectivity index is 1.83. The molecule has 2 aliphatic rings. The zero-order valence-electron chi connectivity index (χ0n) is 14.8. The monoisotopic (exact) mass is 364 g/mol. The van der Waals surface area contributed by atoms with Crippen molar-refractivity contribution in [1.82, 2.24) is 0 Å². The Morgan fingerprint density at radius 3 is 2.48 bits per heavy atom. The molecule has 1 heterocycles. The van der Waals surface area contributed by atoms with Gasteiger partial charge in [0.2, 0.25) is 5.91 Å². The predicted molar refractivity (Wildman–Crippen MR) is 95.7 cm³/mol. The fourth-order valence-electron chi connectivity index (χ4n) is 4.13. The van der Waals surface area contributed by atoms with Crippen molar-refractivity contribution in [3.8, 4) is 0 Å². The van der Waals surface area contributed by atoms with Crippen molar-refractivity contribution in [3.63, 3.8) is 0 Å². The van der Waals surface area contributed by atoms with E-state index in [2.05, 4.69) is 5.32 Å². The quantitative estimate of drug-likeness (QED) is 0.784. The Hall–Kier alpha value is -1.89. The van der Waals surface area contributed by atoms with Gasteiger partial charge in [-0.3, -0.25) is 9.59 Å². The van der Waals surface area contributed by atoms with Crippen molar-refractivity contribution in [3.05, 3.63) is 16.0 Å². The van der Waals surface area contributed by atoms with E-state index in [1.807, 2.05) is 0 Å². The lowest BCUT2D eigenvalue weighted by Gasteiger charge is -2.20. The summed E-state index contributed by atoms with van der Waals surface area (Å²) in [5, 5.41) is 3.21. The summed E-state index contributed by atoms with van der Waals surface area (Å²) in [5.41, 5.74) is 6.15. The molecule has 3 unspecified atom stereocenters. The minimum absolute atomic E-state index is 0.00653. The number of amides is 2. The summed E-state index contributed by atoms with van der Waals surface area (Å²) in [6.45, 7) is 5.17. The molecule has 3 rings (SSSR count). The molecule has 0 radical (unpaired) electrons. The van der Waals surface area contributed by atoms with Gasteiger partial charge in [0.05, 0.1) is 11.7 Å². The number of hydrogen-bond donors (Lipinski definition) is 2. The molecule has 2 saturated carbocycles. The third-order valence-electron chi connectivity index (χ3n) is 5.23. The fourth-order valence-corrected chi connectivity index (χ4v) is 5.23. The van der Waals surface area contributed by atoms with Crippen LogP contribution in [0.4, 0.5) is 5.00 Å². The first-order valence-corrected chi connectivity index (χ1v) is 9.54. The Morgan fingerprint density at radius 1 is 1.24 bits per heavy atom. The minimum Gasteiger partial charge on any atom is -0.459 e. The number of primary amides is 1. The molecule has 0 saturated heterocycles. The van der Waals surface area contributed by atoms with E-state index in [9.17, 15) is 14.4 Å². The van der Waals surface area contributed by atoms with Crippen molar-refractivity contribution in [2.45, 2.75) is 52.6 Å². The highest BCUT2D eigenvalue weighted by Gasteiger charge is 2.43. The van der Waals surface area contributed by atoms with Crippen LogP contribution < -0.4 is 11.1 Å². The van der Waals surface area contributed by atoms with Crippen LogP contribution in [-0.4, -0.2) is 23.9 Å². The van der Waals surface area contributed by atoms with E-state index in [1.165, 1.54) is 6.42 Å². The first-order valence-electron chi connectivity index (χ1n) is 8.73. The zero-order chi connectivity index (χ0) is 18.3. The maximum atomic E-state index is 12.7. The Labute approximate surface area is 151 Å². The number of esters is 1. The maximum absolute atomic E-state index is 12.7. The summed E-state index contributed by atoms with van der Waals surface area (Å²) < 4.78 is 5.22. The van der Waals surface area contributed by atoms with Crippen molar-refractivity contribution < 1.29 is 19.1 Å². The minimum atomic E-state index is -0.652. The van der Waals surface area contributed by atoms with Crippen LogP contribution in [0.25, 0.3) is 0 Å². The molecule has 0 aromatic carbocycles. The standard InChI is InChI=1S/C18H24N2O4S/c1-8(2)24-18(23)14-9(3)13(15(19)21)17(25-14)20-16(22)12-7-10-4-5-11(12)6-10/h8,10-12H,4-7H2,1-3H3,(H2,19,21)(H,20,22). The second-order valence-corrected chi connectivity index (χ2v) is 8.37. The topological polar surface area (TPSA) is 98.5 Å². The number of anilines is 1. The summed E-state index contributed by atoms with van der Waals surface area (Å²) >= 11 is 1.06. The lowest BCUT2D eigenvalue weighted by Crippen LogP contribution is -2.27. The van der Waals surface area contributed by atoms with Gasteiger partial charge in [0.15, 0.2) is 0 Å². The van der Waals surface area contributed by atoms with Gasteiger partial charge in [0.1, 0.15) is 9.88 Å².